The molecule has 5 heteroatoms. The average molecular weight is 365 g/mol. The maximum absolute atomic E-state index is 10.8. The van der Waals surface area contributed by atoms with Gasteiger partial charge >= 0.3 is 0 Å². The Morgan fingerprint density at radius 2 is 1.78 bits per heavy atom. The van der Waals surface area contributed by atoms with Gasteiger partial charge in [0, 0.05) is 61.9 Å². The fourth-order valence-corrected chi connectivity index (χ4v) is 3.84. The first-order chi connectivity index (χ1) is 13.2. The number of hydrogen-bond acceptors (Lipinski definition) is 4. The predicted molar refractivity (Wildman–Crippen MR) is 108 cm³/mol. The summed E-state index contributed by atoms with van der Waals surface area (Å²) in [6.45, 7) is 5.68. The Bertz CT molecular complexity index is 870. The molecule has 1 aliphatic heterocycles. The number of nitrogens with zero attached hydrogens (tertiary/aromatic N) is 2. The minimum absolute atomic E-state index is 0.508. The third kappa shape index (κ3) is 4.16. The van der Waals surface area contributed by atoms with E-state index in [-0.39, 0.29) is 0 Å². The zero-order valence-corrected chi connectivity index (χ0v) is 15.8. The third-order valence-corrected chi connectivity index (χ3v) is 5.42. The molecule has 2 heterocycles. The molecule has 2 N–H and O–H groups in total. The van der Waals surface area contributed by atoms with Crippen LogP contribution in [0.4, 0.5) is 0 Å². The average Bonchev–Trinajstić information content (AvgIpc) is 3.13. The number of aliphatic hydroxyl groups is 1. The molecule has 1 saturated heterocycles. The van der Waals surface area contributed by atoms with Gasteiger partial charge in [0.15, 0.2) is 0 Å². The standard InChI is InChI=1S/C22H27N3O2/c1-27-18-7-8-21-19(13-18)20(14-23-21)22(26)16-25-11-9-24(10-12-25)15-17-5-3-2-4-6-17/h2-8,13-14,22-23,26H,9-12,15-16H2,1H3. The van der Waals surface area contributed by atoms with E-state index in [2.05, 4.69) is 45.1 Å². The number of H-pyrrole nitrogens is 1. The van der Waals surface area contributed by atoms with Crippen molar-refractivity contribution in [2.75, 3.05) is 39.8 Å². The lowest BCUT2D eigenvalue weighted by atomic mass is 10.1. The van der Waals surface area contributed by atoms with Crippen LogP contribution in [-0.2, 0) is 6.54 Å². The fourth-order valence-electron chi connectivity index (χ4n) is 3.84. The molecule has 0 amide bonds. The van der Waals surface area contributed by atoms with Crippen LogP contribution in [0.5, 0.6) is 5.75 Å². The van der Waals surface area contributed by atoms with Crippen molar-refractivity contribution < 1.29 is 9.84 Å². The van der Waals surface area contributed by atoms with Crippen LogP contribution in [0, 0.1) is 0 Å². The second-order valence-corrected chi connectivity index (χ2v) is 7.23. The molecule has 0 aliphatic carbocycles. The molecular formula is C22H27N3O2. The largest absolute Gasteiger partial charge is 0.497 e. The van der Waals surface area contributed by atoms with Crippen LogP contribution in [0.15, 0.2) is 54.7 Å². The number of hydrogen-bond donors (Lipinski definition) is 2. The molecule has 1 aliphatic rings. The molecule has 5 nitrogen and oxygen atoms in total. The minimum atomic E-state index is -0.508. The van der Waals surface area contributed by atoms with Crippen molar-refractivity contribution >= 4 is 10.9 Å². The second kappa shape index (κ2) is 8.13. The highest BCUT2D eigenvalue weighted by molar-refractivity contribution is 5.85. The van der Waals surface area contributed by atoms with Crippen LogP contribution in [0.25, 0.3) is 10.9 Å². The van der Waals surface area contributed by atoms with Gasteiger partial charge in [-0.1, -0.05) is 30.3 Å². The Balaban J connectivity index is 1.35. The number of fused-ring (bicyclic) bond motifs is 1. The minimum Gasteiger partial charge on any atom is -0.497 e. The molecule has 1 fully saturated rings. The van der Waals surface area contributed by atoms with E-state index in [9.17, 15) is 5.11 Å². The lowest BCUT2D eigenvalue weighted by molar-refractivity contribution is 0.0707. The fraction of sp³-hybridized carbons (Fsp3) is 0.364. The summed E-state index contributed by atoms with van der Waals surface area (Å²) in [6, 6.07) is 16.5. The van der Waals surface area contributed by atoms with E-state index < -0.39 is 6.10 Å². The zero-order valence-electron chi connectivity index (χ0n) is 15.8. The summed E-state index contributed by atoms with van der Waals surface area (Å²) in [5, 5.41) is 11.8. The van der Waals surface area contributed by atoms with Gasteiger partial charge in [-0.25, -0.2) is 0 Å². The molecule has 2 aromatic carbocycles. The van der Waals surface area contributed by atoms with Crippen LogP contribution in [0.3, 0.4) is 0 Å². The van der Waals surface area contributed by atoms with E-state index in [4.69, 9.17) is 4.74 Å². The van der Waals surface area contributed by atoms with E-state index in [1.807, 2.05) is 24.4 Å². The predicted octanol–water partition coefficient (Wildman–Crippen LogP) is 3.03. The van der Waals surface area contributed by atoms with Gasteiger partial charge in [0.1, 0.15) is 5.75 Å². The van der Waals surface area contributed by atoms with Crippen molar-refractivity contribution in [3.8, 4) is 5.75 Å². The lowest BCUT2D eigenvalue weighted by Crippen LogP contribution is -2.47. The van der Waals surface area contributed by atoms with Gasteiger partial charge in [-0.15, -0.1) is 0 Å². The van der Waals surface area contributed by atoms with Gasteiger partial charge in [0.25, 0.3) is 0 Å². The summed E-state index contributed by atoms with van der Waals surface area (Å²) in [4.78, 5) is 8.08. The van der Waals surface area contributed by atoms with Gasteiger partial charge in [-0.05, 0) is 23.8 Å². The Hall–Kier alpha value is -2.34. The van der Waals surface area contributed by atoms with Gasteiger partial charge < -0.3 is 14.8 Å². The maximum atomic E-state index is 10.8. The van der Waals surface area contributed by atoms with Crippen LogP contribution in [0.1, 0.15) is 17.2 Å². The number of benzene rings is 2. The maximum Gasteiger partial charge on any atom is 0.119 e. The summed E-state index contributed by atoms with van der Waals surface area (Å²) in [7, 11) is 1.67. The van der Waals surface area contributed by atoms with Crippen molar-refractivity contribution in [3.63, 3.8) is 0 Å². The number of piperazine rings is 1. The Labute approximate surface area is 160 Å². The number of aliphatic hydroxyl groups excluding tert-OH is 1. The lowest BCUT2D eigenvalue weighted by Gasteiger charge is -2.35. The van der Waals surface area contributed by atoms with Crippen molar-refractivity contribution in [2.24, 2.45) is 0 Å². The SMILES string of the molecule is COc1ccc2[nH]cc(C(O)CN3CCN(Cc4ccccc4)CC3)c2c1. The van der Waals surface area contributed by atoms with E-state index >= 15 is 0 Å². The summed E-state index contributed by atoms with van der Waals surface area (Å²) >= 11 is 0. The first-order valence-corrected chi connectivity index (χ1v) is 9.54. The highest BCUT2D eigenvalue weighted by Crippen LogP contribution is 2.28. The first-order valence-electron chi connectivity index (χ1n) is 9.54. The first kappa shape index (κ1) is 18.0. The summed E-state index contributed by atoms with van der Waals surface area (Å²) in [5.41, 5.74) is 3.33. The molecule has 1 aromatic heterocycles. The molecule has 4 rings (SSSR count). The normalized spacial score (nSPS) is 17.3. The van der Waals surface area contributed by atoms with Gasteiger partial charge in [0.2, 0.25) is 0 Å². The molecule has 1 atom stereocenters. The quantitative estimate of drug-likeness (QED) is 0.705. The van der Waals surface area contributed by atoms with Crippen molar-refractivity contribution in [3.05, 3.63) is 65.9 Å². The van der Waals surface area contributed by atoms with E-state index in [0.717, 1.165) is 54.9 Å². The summed E-state index contributed by atoms with van der Waals surface area (Å²) in [6.07, 6.45) is 1.41. The summed E-state index contributed by atoms with van der Waals surface area (Å²) in [5.74, 6) is 0.810. The number of methoxy groups -OCH3 is 1. The second-order valence-electron chi connectivity index (χ2n) is 7.23. The molecule has 27 heavy (non-hydrogen) atoms. The number of aromatic amines is 1. The van der Waals surface area contributed by atoms with E-state index in [1.165, 1.54) is 5.56 Å². The van der Waals surface area contributed by atoms with Gasteiger partial charge in [-0.3, -0.25) is 9.80 Å². The molecule has 0 bridgehead atoms. The Morgan fingerprint density at radius 3 is 2.52 bits per heavy atom. The molecule has 0 saturated carbocycles. The van der Waals surface area contributed by atoms with Gasteiger partial charge in [0.05, 0.1) is 13.2 Å². The zero-order chi connectivity index (χ0) is 18.6. The number of β-amino-alcohol motifs (C(OH)–C–C–N with tert-alkyl or cyclic N) is 1. The number of aromatic nitrogens is 1. The number of nitrogens with one attached hydrogen (secondary N) is 1. The van der Waals surface area contributed by atoms with Gasteiger partial charge in [-0.2, -0.15) is 0 Å². The van der Waals surface area contributed by atoms with Crippen LogP contribution < -0.4 is 4.74 Å². The van der Waals surface area contributed by atoms with Crippen LogP contribution in [-0.4, -0.2) is 59.7 Å². The number of rotatable bonds is 6. The molecule has 0 spiro atoms. The van der Waals surface area contributed by atoms with Crippen molar-refractivity contribution in [1.82, 2.24) is 14.8 Å². The molecular weight excluding hydrogens is 338 g/mol. The molecule has 3 aromatic rings. The smallest absolute Gasteiger partial charge is 0.119 e. The topological polar surface area (TPSA) is 51.7 Å². The molecule has 0 radical (unpaired) electrons. The van der Waals surface area contributed by atoms with Crippen molar-refractivity contribution in [2.45, 2.75) is 12.6 Å². The Morgan fingerprint density at radius 1 is 1.04 bits per heavy atom. The third-order valence-electron chi connectivity index (χ3n) is 5.42. The van der Waals surface area contributed by atoms with Crippen LogP contribution in [0.2, 0.25) is 0 Å². The number of ether oxygens (including phenoxy) is 1. The molecule has 1 unspecified atom stereocenters. The van der Waals surface area contributed by atoms with E-state index in [0.29, 0.717) is 6.54 Å². The van der Waals surface area contributed by atoms with Crippen molar-refractivity contribution in [1.29, 1.82) is 0 Å². The van der Waals surface area contributed by atoms with Crippen LogP contribution >= 0.6 is 0 Å². The highest BCUT2D eigenvalue weighted by atomic mass is 16.5. The Kier molecular flexibility index (Phi) is 5.43. The summed E-state index contributed by atoms with van der Waals surface area (Å²) < 4.78 is 5.33. The monoisotopic (exact) mass is 365 g/mol. The van der Waals surface area contributed by atoms with E-state index in [1.54, 1.807) is 7.11 Å². The highest BCUT2D eigenvalue weighted by Gasteiger charge is 2.21. The molecule has 142 valence electrons.